The molecule has 0 fully saturated rings. The maximum absolute atomic E-state index is 12.6. The summed E-state index contributed by atoms with van der Waals surface area (Å²) in [6.45, 7) is 0.205. The lowest BCUT2D eigenvalue weighted by atomic mass is 10.1. The zero-order valence-corrected chi connectivity index (χ0v) is 16.1. The van der Waals surface area contributed by atoms with E-state index in [1.54, 1.807) is 12.4 Å². The molecule has 1 heterocycles. The molecule has 2 aromatic carbocycles. The minimum atomic E-state index is -4.15. The number of H-pyrrole nitrogens is 1. The molecule has 0 radical (unpaired) electrons. The molecule has 0 amide bonds. The Morgan fingerprint density at radius 2 is 2.03 bits per heavy atom. The van der Waals surface area contributed by atoms with Crippen LogP contribution in [0.1, 0.15) is 12.0 Å². The zero-order chi connectivity index (χ0) is 20.9. The van der Waals surface area contributed by atoms with E-state index in [-0.39, 0.29) is 23.5 Å². The quantitative estimate of drug-likeness (QED) is 0.425. The predicted molar refractivity (Wildman–Crippen MR) is 104 cm³/mol. The number of aliphatic carboxylic acids is 1. The van der Waals surface area contributed by atoms with Crippen LogP contribution in [0.15, 0.2) is 53.7 Å². The van der Waals surface area contributed by atoms with E-state index in [0.717, 1.165) is 16.6 Å². The number of carbonyl (C=O) groups is 2. The number of benzene rings is 2. The van der Waals surface area contributed by atoms with Gasteiger partial charge in [0.05, 0.1) is 36.4 Å². The smallest absolute Gasteiger partial charge is 0.305 e. The molecule has 9 nitrogen and oxygen atoms in total. The van der Waals surface area contributed by atoms with Gasteiger partial charge in [0, 0.05) is 6.42 Å². The van der Waals surface area contributed by atoms with Gasteiger partial charge in [0.15, 0.2) is 0 Å². The van der Waals surface area contributed by atoms with E-state index in [0.29, 0.717) is 6.42 Å². The first-order chi connectivity index (χ1) is 13.9. The maximum atomic E-state index is 12.6. The first kappa shape index (κ1) is 20.5. The minimum absolute atomic E-state index is 0.108. The number of nitrogens with zero attached hydrogens (tertiary/aromatic N) is 1. The number of hydrogen-bond acceptors (Lipinski definition) is 6. The van der Waals surface area contributed by atoms with Crippen molar-refractivity contribution in [2.45, 2.75) is 23.8 Å². The van der Waals surface area contributed by atoms with E-state index >= 15 is 0 Å². The molecule has 0 saturated heterocycles. The van der Waals surface area contributed by atoms with Crippen molar-refractivity contribution in [1.82, 2.24) is 14.7 Å². The van der Waals surface area contributed by atoms with Crippen LogP contribution in [-0.4, -0.2) is 48.4 Å². The highest BCUT2D eigenvalue weighted by molar-refractivity contribution is 7.89. The third-order valence-electron chi connectivity index (χ3n) is 4.17. The summed E-state index contributed by atoms with van der Waals surface area (Å²) in [6.07, 6.45) is 1.71. The number of fused-ring (bicyclic) bond motifs is 1. The molecule has 152 valence electrons. The lowest BCUT2D eigenvalue weighted by Crippen LogP contribution is -2.37. The third kappa shape index (κ3) is 4.98. The van der Waals surface area contributed by atoms with Crippen LogP contribution in [0.3, 0.4) is 0 Å². The SMILES string of the molecule is O=CC(CC(=O)O)NS(=O)(=O)c1ccccc1OCCc1cccc2nc[nH]c12. The molecule has 3 N–H and O–H groups in total. The van der Waals surface area contributed by atoms with Gasteiger partial charge in [-0.15, -0.1) is 0 Å². The Labute approximate surface area is 166 Å². The highest BCUT2D eigenvalue weighted by Crippen LogP contribution is 2.24. The van der Waals surface area contributed by atoms with Crippen molar-refractivity contribution >= 4 is 33.3 Å². The van der Waals surface area contributed by atoms with E-state index in [1.807, 2.05) is 18.2 Å². The van der Waals surface area contributed by atoms with Crippen molar-refractivity contribution in [1.29, 1.82) is 0 Å². The van der Waals surface area contributed by atoms with Gasteiger partial charge in [-0.2, -0.15) is 0 Å². The molecule has 0 saturated carbocycles. The number of carbonyl (C=O) groups excluding carboxylic acids is 1. The Balaban J connectivity index is 1.73. The predicted octanol–water partition coefficient (Wildman–Crippen LogP) is 1.50. The maximum Gasteiger partial charge on any atom is 0.305 e. The molecule has 0 aliphatic heterocycles. The van der Waals surface area contributed by atoms with Crippen LogP contribution >= 0.6 is 0 Å². The molecular formula is C19H19N3O6S. The van der Waals surface area contributed by atoms with Crippen molar-refractivity contribution < 1.29 is 27.9 Å². The van der Waals surface area contributed by atoms with Gasteiger partial charge in [-0.1, -0.05) is 24.3 Å². The first-order valence-corrected chi connectivity index (χ1v) is 10.2. The summed E-state index contributed by atoms with van der Waals surface area (Å²) in [7, 11) is -4.15. The number of carboxylic acids is 1. The molecular weight excluding hydrogens is 398 g/mol. The zero-order valence-electron chi connectivity index (χ0n) is 15.2. The fraction of sp³-hybridized carbons (Fsp3) is 0.211. The lowest BCUT2D eigenvalue weighted by molar-refractivity contribution is -0.138. The van der Waals surface area contributed by atoms with Crippen LogP contribution in [-0.2, 0) is 26.0 Å². The summed E-state index contributed by atoms with van der Waals surface area (Å²) in [5.74, 6) is -1.18. The molecule has 0 bridgehead atoms. The van der Waals surface area contributed by atoms with Crippen molar-refractivity contribution in [3.8, 4) is 5.75 Å². The van der Waals surface area contributed by atoms with Gasteiger partial charge in [-0.3, -0.25) is 4.79 Å². The van der Waals surface area contributed by atoms with Gasteiger partial charge >= 0.3 is 5.97 Å². The number of aromatic nitrogens is 2. The molecule has 0 aliphatic carbocycles. The Morgan fingerprint density at radius 1 is 1.24 bits per heavy atom. The molecule has 1 unspecified atom stereocenters. The van der Waals surface area contributed by atoms with Gasteiger partial charge in [0.25, 0.3) is 0 Å². The second-order valence-electron chi connectivity index (χ2n) is 6.22. The van der Waals surface area contributed by atoms with E-state index in [1.165, 1.54) is 18.2 Å². The third-order valence-corrected chi connectivity index (χ3v) is 5.70. The average Bonchev–Trinajstić information content (AvgIpc) is 3.17. The van der Waals surface area contributed by atoms with Crippen LogP contribution < -0.4 is 9.46 Å². The summed E-state index contributed by atoms with van der Waals surface area (Å²) in [5.41, 5.74) is 2.69. The van der Waals surface area contributed by atoms with Crippen LogP contribution in [0.5, 0.6) is 5.75 Å². The normalized spacial score (nSPS) is 12.6. The largest absolute Gasteiger partial charge is 0.492 e. The standard InChI is InChI=1S/C19H19N3O6S/c23-11-14(10-18(24)25)22-29(26,27)17-7-2-1-6-16(17)28-9-8-13-4-3-5-15-19(13)21-12-20-15/h1-7,11-12,14,22H,8-10H2,(H,20,21)(H,24,25). The topological polar surface area (TPSA) is 138 Å². The Morgan fingerprint density at radius 3 is 2.79 bits per heavy atom. The van der Waals surface area contributed by atoms with Crippen LogP contribution in [0.25, 0.3) is 11.0 Å². The van der Waals surface area contributed by atoms with E-state index < -0.39 is 28.5 Å². The number of para-hydroxylation sites is 2. The van der Waals surface area contributed by atoms with Crippen molar-refractivity contribution in [2.75, 3.05) is 6.61 Å². The van der Waals surface area contributed by atoms with E-state index in [2.05, 4.69) is 14.7 Å². The summed E-state index contributed by atoms with van der Waals surface area (Å²) in [5, 5.41) is 8.80. The molecule has 0 spiro atoms. The van der Waals surface area contributed by atoms with Crippen molar-refractivity contribution in [3.63, 3.8) is 0 Å². The molecule has 1 aromatic heterocycles. The number of aldehydes is 1. The fourth-order valence-electron chi connectivity index (χ4n) is 2.87. The van der Waals surface area contributed by atoms with Crippen LogP contribution in [0, 0.1) is 0 Å². The molecule has 29 heavy (non-hydrogen) atoms. The van der Waals surface area contributed by atoms with Crippen molar-refractivity contribution in [2.24, 2.45) is 0 Å². The summed E-state index contributed by atoms with van der Waals surface area (Å²) >= 11 is 0. The molecule has 3 aromatic rings. The summed E-state index contributed by atoms with van der Waals surface area (Å²) in [6, 6.07) is 10.3. The summed E-state index contributed by atoms with van der Waals surface area (Å²) < 4.78 is 33.0. The van der Waals surface area contributed by atoms with E-state index in [9.17, 15) is 18.0 Å². The second-order valence-corrected chi connectivity index (χ2v) is 7.90. The number of nitrogens with one attached hydrogen (secondary N) is 2. The molecule has 10 heteroatoms. The molecule has 0 aliphatic rings. The van der Waals surface area contributed by atoms with Gasteiger partial charge in [0.1, 0.15) is 16.9 Å². The highest BCUT2D eigenvalue weighted by atomic mass is 32.2. The van der Waals surface area contributed by atoms with Gasteiger partial charge in [-0.05, 0) is 23.8 Å². The first-order valence-electron chi connectivity index (χ1n) is 8.73. The lowest BCUT2D eigenvalue weighted by Gasteiger charge is -2.15. The summed E-state index contributed by atoms with van der Waals surface area (Å²) in [4.78, 5) is 28.9. The average molecular weight is 417 g/mol. The number of sulfonamides is 1. The number of carboxylic acid groups (broad SMARTS) is 1. The number of hydrogen-bond donors (Lipinski definition) is 3. The van der Waals surface area contributed by atoms with Gasteiger partial charge < -0.3 is 19.6 Å². The Kier molecular flexibility index (Phi) is 6.25. The number of rotatable bonds is 10. The number of imidazole rings is 1. The minimum Gasteiger partial charge on any atom is -0.492 e. The van der Waals surface area contributed by atoms with Crippen LogP contribution in [0.4, 0.5) is 0 Å². The van der Waals surface area contributed by atoms with E-state index in [4.69, 9.17) is 9.84 Å². The monoisotopic (exact) mass is 417 g/mol. The second kappa shape index (κ2) is 8.84. The number of aromatic amines is 1. The fourth-order valence-corrected chi connectivity index (χ4v) is 4.18. The van der Waals surface area contributed by atoms with Gasteiger partial charge in [-0.25, -0.2) is 18.1 Å². The van der Waals surface area contributed by atoms with Gasteiger partial charge in [0.2, 0.25) is 10.0 Å². The Bertz CT molecular complexity index is 1130. The molecule has 1 atom stereocenters. The Hall–Kier alpha value is -3.24. The number of ether oxygens (including phenoxy) is 1. The van der Waals surface area contributed by atoms with Crippen LogP contribution in [0.2, 0.25) is 0 Å². The molecule has 3 rings (SSSR count). The highest BCUT2D eigenvalue weighted by Gasteiger charge is 2.24. The van der Waals surface area contributed by atoms with Crippen molar-refractivity contribution in [3.05, 3.63) is 54.4 Å².